The number of halogens is 2. The largest absolute Gasteiger partial charge is 0.452 e. The number of esters is 1. The van der Waals surface area contributed by atoms with Crippen LogP contribution in [0.5, 0.6) is 0 Å². The fourth-order valence-electron chi connectivity index (χ4n) is 2.42. The molecule has 0 aromatic heterocycles. The van der Waals surface area contributed by atoms with Gasteiger partial charge in [0.2, 0.25) is 0 Å². The number of ether oxygens (including phenoxy) is 1. The van der Waals surface area contributed by atoms with Crippen LogP contribution in [0.25, 0.3) is 6.08 Å². The van der Waals surface area contributed by atoms with Gasteiger partial charge in [0, 0.05) is 33.4 Å². The fraction of sp³-hybridized carbons (Fsp3) is 0.190. The second-order valence-electron chi connectivity index (χ2n) is 6.48. The Morgan fingerprint density at radius 2 is 1.97 bits per heavy atom. The first-order chi connectivity index (χ1) is 13.9. The molecule has 0 spiro atoms. The zero-order chi connectivity index (χ0) is 20.8. The molecular formula is C21H18BrFN2O4. The van der Waals surface area contributed by atoms with Crippen molar-refractivity contribution in [3.05, 3.63) is 70.0 Å². The maximum Gasteiger partial charge on any atom is 0.331 e. The second kappa shape index (κ2) is 9.47. The normalized spacial score (nSPS) is 13.2. The number of hydrogen-bond acceptors (Lipinski definition) is 4. The van der Waals surface area contributed by atoms with Crippen LogP contribution in [0.2, 0.25) is 0 Å². The fourth-order valence-corrected chi connectivity index (χ4v) is 2.80. The molecule has 2 amide bonds. The summed E-state index contributed by atoms with van der Waals surface area (Å²) in [7, 11) is 0. The molecule has 0 saturated heterocycles. The van der Waals surface area contributed by atoms with E-state index in [1.54, 1.807) is 30.3 Å². The summed E-state index contributed by atoms with van der Waals surface area (Å²) >= 11 is 3.22. The third kappa shape index (κ3) is 6.53. The van der Waals surface area contributed by atoms with Gasteiger partial charge in [0.15, 0.2) is 6.61 Å². The SMILES string of the molecule is O=C(COC(=O)/C=C/c1cc(Br)ccc1F)Nc1cccc(C(=O)NC2CC2)c1. The van der Waals surface area contributed by atoms with E-state index < -0.39 is 24.3 Å². The molecule has 6 nitrogen and oxygen atoms in total. The van der Waals surface area contributed by atoms with Crippen molar-refractivity contribution in [3.63, 3.8) is 0 Å². The van der Waals surface area contributed by atoms with Gasteiger partial charge in [-0.05, 0) is 55.3 Å². The molecule has 0 bridgehead atoms. The lowest BCUT2D eigenvalue weighted by molar-refractivity contribution is -0.142. The molecule has 2 aromatic rings. The van der Waals surface area contributed by atoms with E-state index in [9.17, 15) is 18.8 Å². The Morgan fingerprint density at radius 3 is 2.72 bits per heavy atom. The Hall–Kier alpha value is -3.00. The summed E-state index contributed by atoms with van der Waals surface area (Å²) in [4.78, 5) is 35.8. The van der Waals surface area contributed by atoms with Gasteiger partial charge >= 0.3 is 5.97 Å². The van der Waals surface area contributed by atoms with Crippen molar-refractivity contribution in [1.82, 2.24) is 5.32 Å². The number of rotatable bonds is 7. The molecule has 1 aliphatic rings. The van der Waals surface area contributed by atoms with Crippen LogP contribution in [0.3, 0.4) is 0 Å². The number of carbonyl (C=O) groups excluding carboxylic acids is 3. The number of carbonyl (C=O) groups is 3. The van der Waals surface area contributed by atoms with Gasteiger partial charge in [0.25, 0.3) is 11.8 Å². The standard InChI is InChI=1S/C21H18BrFN2O4/c22-15-5-8-18(23)13(10-15)4-9-20(27)29-12-19(26)24-17-3-1-2-14(11-17)21(28)25-16-6-7-16/h1-5,8-11,16H,6-7,12H2,(H,24,26)(H,25,28)/b9-4+. The molecular weight excluding hydrogens is 443 g/mol. The van der Waals surface area contributed by atoms with Crippen LogP contribution in [-0.2, 0) is 14.3 Å². The summed E-state index contributed by atoms with van der Waals surface area (Å²) in [6, 6.07) is 11.0. The van der Waals surface area contributed by atoms with E-state index in [1.807, 2.05) is 0 Å². The Labute approximate surface area is 175 Å². The molecule has 0 atom stereocenters. The van der Waals surface area contributed by atoms with Crippen molar-refractivity contribution in [1.29, 1.82) is 0 Å². The third-order valence-electron chi connectivity index (χ3n) is 4.02. The maximum absolute atomic E-state index is 13.6. The first-order valence-electron chi connectivity index (χ1n) is 8.91. The number of anilines is 1. The van der Waals surface area contributed by atoms with Gasteiger partial charge in [-0.3, -0.25) is 9.59 Å². The van der Waals surface area contributed by atoms with E-state index >= 15 is 0 Å². The van der Waals surface area contributed by atoms with Crippen LogP contribution in [0.15, 0.2) is 53.0 Å². The molecule has 0 heterocycles. The quantitative estimate of drug-likeness (QED) is 0.487. The molecule has 2 N–H and O–H groups in total. The highest BCUT2D eigenvalue weighted by molar-refractivity contribution is 9.10. The van der Waals surface area contributed by atoms with Crippen molar-refractivity contribution < 1.29 is 23.5 Å². The van der Waals surface area contributed by atoms with E-state index in [0.717, 1.165) is 18.9 Å². The van der Waals surface area contributed by atoms with Gasteiger partial charge in [0.05, 0.1) is 0 Å². The lowest BCUT2D eigenvalue weighted by Gasteiger charge is -2.08. The average Bonchev–Trinajstić information content (AvgIpc) is 3.51. The molecule has 1 aliphatic carbocycles. The van der Waals surface area contributed by atoms with Crippen LogP contribution >= 0.6 is 15.9 Å². The molecule has 8 heteroatoms. The smallest absolute Gasteiger partial charge is 0.331 e. The van der Waals surface area contributed by atoms with Gasteiger partial charge in [-0.25, -0.2) is 9.18 Å². The molecule has 1 fully saturated rings. The van der Waals surface area contributed by atoms with Crippen molar-refractivity contribution in [3.8, 4) is 0 Å². The third-order valence-corrected chi connectivity index (χ3v) is 4.52. The van der Waals surface area contributed by atoms with Gasteiger partial charge in [-0.1, -0.05) is 22.0 Å². The van der Waals surface area contributed by atoms with E-state index in [-0.39, 0.29) is 17.5 Å². The minimum absolute atomic E-state index is 0.194. The highest BCUT2D eigenvalue weighted by Crippen LogP contribution is 2.20. The number of hydrogen-bond donors (Lipinski definition) is 2. The number of benzene rings is 2. The minimum Gasteiger partial charge on any atom is -0.452 e. The molecule has 0 aliphatic heterocycles. The molecule has 150 valence electrons. The van der Waals surface area contributed by atoms with E-state index in [4.69, 9.17) is 4.74 Å². The van der Waals surface area contributed by atoms with E-state index in [0.29, 0.717) is 15.7 Å². The number of amides is 2. The summed E-state index contributed by atoms with van der Waals surface area (Å²) in [5.74, 6) is -2.02. The summed E-state index contributed by atoms with van der Waals surface area (Å²) in [5.41, 5.74) is 1.06. The molecule has 29 heavy (non-hydrogen) atoms. The van der Waals surface area contributed by atoms with Crippen molar-refractivity contribution >= 4 is 45.5 Å². The monoisotopic (exact) mass is 460 g/mol. The molecule has 3 rings (SSSR count). The predicted octanol–water partition coefficient (Wildman–Crippen LogP) is 3.68. The van der Waals surface area contributed by atoms with Crippen molar-refractivity contribution in [2.75, 3.05) is 11.9 Å². The lowest BCUT2D eigenvalue weighted by Crippen LogP contribution is -2.25. The minimum atomic E-state index is -0.780. The van der Waals surface area contributed by atoms with E-state index in [2.05, 4.69) is 26.6 Å². The summed E-state index contributed by atoms with van der Waals surface area (Å²) in [6.07, 6.45) is 4.27. The molecule has 0 unspecified atom stereocenters. The Bertz CT molecular complexity index is 973. The Morgan fingerprint density at radius 1 is 1.17 bits per heavy atom. The summed E-state index contributed by atoms with van der Waals surface area (Å²) in [6.45, 7) is -0.511. The zero-order valence-corrected chi connectivity index (χ0v) is 16.9. The molecule has 1 saturated carbocycles. The predicted molar refractivity (Wildman–Crippen MR) is 110 cm³/mol. The van der Waals surface area contributed by atoms with Crippen LogP contribution in [0.1, 0.15) is 28.8 Å². The highest BCUT2D eigenvalue weighted by atomic mass is 79.9. The Kier molecular flexibility index (Phi) is 6.77. The van der Waals surface area contributed by atoms with Gasteiger partial charge in [-0.15, -0.1) is 0 Å². The van der Waals surface area contributed by atoms with Crippen LogP contribution in [-0.4, -0.2) is 30.4 Å². The topological polar surface area (TPSA) is 84.5 Å². The highest BCUT2D eigenvalue weighted by Gasteiger charge is 2.23. The van der Waals surface area contributed by atoms with Gasteiger partial charge in [-0.2, -0.15) is 0 Å². The van der Waals surface area contributed by atoms with Crippen LogP contribution in [0, 0.1) is 5.82 Å². The van der Waals surface area contributed by atoms with Gasteiger partial charge in [0.1, 0.15) is 5.82 Å². The summed E-state index contributed by atoms with van der Waals surface area (Å²) < 4.78 is 19.1. The van der Waals surface area contributed by atoms with Gasteiger partial charge < -0.3 is 15.4 Å². The zero-order valence-electron chi connectivity index (χ0n) is 15.3. The van der Waals surface area contributed by atoms with Crippen LogP contribution in [0.4, 0.5) is 10.1 Å². The van der Waals surface area contributed by atoms with Crippen molar-refractivity contribution in [2.45, 2.75) is 18.9 Å². The second-order valence-corrected chi connectivity index (χ2v) is 7.40. The van der Waals surface area contributed by atoms with Crippen LogP contribution < -0.4 is 10.6 Å². The first kappa shape index (κ1) is 20.7. The lowest BCUT2D eigenvalue weighted by atomic mass is 10.2. The number of nitrogens with one attached hydrogen (secondary N) is 2. The maximum atomic E-state index is 13.6. The summed E-state index contributed by atoms with van der Waals surface area (Å²) in [5, 5.41) is 5.43. The first-order valence-corrected chi connectivity index (χ1v) is 9.70. The molecule has 0 radical (unpaired) electrons. The Balaban J connectivity index is 1.49. The average molecular weight is 461 g/mol. The molecule has 2 aromatic carbocycles. The van der Waals surface area contributed by atoms with E-state index in [1.165, 1.54) is 18.2 Å². The van der Waals surface area contributed by atoms with Crippen molar-refractivity contribution in [2.24, 2.45) is 0 Å².